The van der Waals surface area contributed by atoms with Gasteiger partial charge >= 0.3 is 6.03 Å². The van der Waals surface area contributed by atoms with Gasteiger partial charge in [-0.3, -0.25) is 4.79 Å². The van der Waals surface area contributed by atoms with Crippen molar-refractivity contribution in [3.63, 3.8) is 0 Å². The van der Waals surface area contributed by atoms with Crippen LogP contribution in [0.3, 0.4) is 0 Å². The van der Waals surface area contributed by atoms with Crippen LogP contribution in [0.25, 0.3) is 0 Å². The molecule has 26 heavy (non-hydrogen) atoms. The fourth-order valence-electron chi connectivity index (χ4n) is 3.32. The number of carbonyl (C=O) groups excluding carboxylic acids is 2. The molecule has 1 atom stereocenters. The van der Waals surface area contributed by atoms with E-state index in [9.17, 15) is 9.59 Å². The number of ether oxygens (including phenoxy) is 2. The minimum atomic E-state index is -0.216. The highest BCUT2D eigenvalue weighted by molar-refractivity contribution is 5.96. The van der Waals surface area contributed by atoms with Gasteiger partial charge in [0.2, 0.25) is 5.91 Å². The maximum atomic E-state index is 12.2. The minimum Gasteiger partial charge on any atom is -0.497 e. The zero-order valence-electron chi connectivity index (χ0n) is 15.1. The van der Waals surface area contributed by atoms with Crippen LogP contribution in [0, 0.1) is 0 Å². The SMILES string of the molecule is COc1ccc(N2C[C@H](NC(=O)NCC[NH+]3CCOCC3)CC2=O)cc1. The monoisotopic (exact) mass is 363 g/mol. The van der Waals surface area contributed by atoms with Crippen molar-refractivity contribution in [2.24, 2.45) is 0 Å². The molecular formula is C18H27N4O4+. The van der Waals surface area contributed by atoms with Crippen LogP contribution in [0.2, 0.25) is 0 Å². The number of benzene rings is 1. The lowest BCUT2D eigenvalue weighted by atomic mass is 10.2. The summed E-state index contributed by atoms with van der Waals surface area (Å²) in [5.41, 5.74) is 0.816. The molecule has 3 N–H and O–H groups in total. The van der Waals surface area contributed by atoms with Crippen molar-refractivity contribution in [2.45, 2.75) is 12.5 Å². The van der Waals surface area contributed by atoms with Gasteiger partial charge in [0.05, 0.1) is 39.5 Å². The standard InChI is InChI=1S/C18H26N4O4/c1-25-16-4-2-15(3-5-16)22-13-14(12-17(22)23)20-18(24)19-6-7-21-8-10-26-11-9-21/h2-5,14H,6-13H2,1H3,(H2,19,20,24)/p+1/t14-/m1/s1. The third-order valence-corrected chi connectivity index (χ3v) is 4.81. The lowest BCUT2D eigenvalue weighted by Crippen LogP contribution is -3.14. The average molecular weight is 363 g/mol. The van der Waals surface area contributed by atoms with Crippen LogP contribution in [-0.4, -0.2) is 71.0 Å². The molecule has 0 spiro atoms. The van der Waals surface area contributed by atoms with Gasteiger partial charge in [-0.15, -0.1) is 0 Å². The van der Waals surface area contributed by atoms with E-state index in [1.54, 1.807) is 12.0 Å². The van der Waals surface area contributed by atoms with Gasteiger partial charge in [-0.2, -0.15) is 0 Å². The number of urea groups is 1. The van der Waals surface area contributed by atoms with Crippen molar-refractivity contribution >= 4 is 17.6 Å². The van der Waals surface area contributed by atoms with Gasteiger partial charge in [0.1, 0.15) is 18.8 Å². The number of quaternary nitrogens is 1. The quantitative estimate of drug-likeness (QED) is 0.606. The maximum absolute atomic E-state index is 12.2. The number of methoxy groups -OCH3 is 1. The second-order valence-corrected chi connectivity index (χ2v) is 6.62. The van der Waals surface area contributed by atoms with E-state index in [2.05, 4.69) is 10.6 Å². The second kappa shape index (κ2) is 8.86. The summed E-state index contributed by atoms with van der Waals surface area (Å²) >= 11 is 0. The number of morpholine rings is 1. The summed E-state index contributed by atoms with van der Waals surface area (Å²) in [6.45, 7) is 5.52. The van der Waals surface area contributed by atoms with Crippen molar-refractivity contribution in [3.05, 3.63) is 24.3 Å². The first-order valence-corrected chi connectivity index (χ1v) is 9.06. The molecule has 2 heterocycles. The lowest BCUT2D eigenvalue weighted by molar-refractivity contribution is -0.906. The van der Waals surface area contributed by atoms with Crippen LogP contribution in [0.15, 0.2) is 24.3 Å². The molecule has 2 saturated heterocycles. The number of rotatable bonds is 6. The largest absolute Gasteiger partial charge is 0.497 e. The first-order chi connectivity index (χ1) is 12.7. The van der Waals surface area contributed by atoms with E-state index in [4.69, 9.17) is 9.47 Å². The van der Waals surface area contributed by atoms with Gasteiger partial charge in [0, 0.05) is 18.7 Å². The second-order valence-electron chi connectivity index (χ2n) is 6.62. The number of carbonyl (C=O) groups is 2. The van der Waals surface area contributed by atoms with E-state index in [0.29, 0.717) is 19.5 Å². The van der Waals surface area contributed by atoms with Crippen molar-refractivity contribution in [1.29, 1.82) is 0 Å². The molecule has 2 fully saturated rings. The molecule has 0 saturated carbocycles. The molecule has 0 aliphatic carbocycles. The molecular weight excluding hydrogens is 336 g/mol. The normalized spacial score (nSPS) is 20.9. The fraction of sp³-hybridized carbons (Fsp3) is 0.556. The van der Waals surface area contributed by atoms with Crippen LogP contribution in [-0.2, 0) is 9.53 Å². The van der Waals surface area contributed by atoms with Crippen LogP contribution in [0.1, 0.15) is 6.42 Å². The Morgan fingerprint density at radius 3 is 2.73 bits per heavy atom. The third-order valence-electron chi connectivity index (χ3n) is 4.81. The Labute approximate surface area is 153 Å². The van der Waals surface area contributed by atoms with E-state index in [0.717, 1.165) is 44.3 Å². The highest BCUT2D eigenvalue weighted by Gasteiger charge is 2.31. The van der Waals surface area contributed by atoms with Crippen LogP contribution in [0.5, 0.6) is 5.75 Å². The van der Waals surface area contributed by atoms with Crippen molar-refractivity contribution in [3.8, 4) is 5.75 Å². The first kappa shape index (κ1) is 18.5. The first-order valence-electron chi connectivity index (χ1n) is 9.06. The topological polar surface area (TPSA) is 84.3 Å². The molecule has 2 aliphatic rings. The highest BCUT2D eigenvalue weighted by Crippen LogP contribution is 2.24. The zero-order valence-corrected chi connectivity index (χ0v) is 15.1. The van der Waals surface area contributed by atoms with Gasteiger partial charge in [0.15, 0.2) is 0 Å². The number of anilines is 1. The van der Waals surface area contributed by atoms with Gasteiger partial charge in [0.25, 0.3) is 0 Å². The van der Waals surface area contributed by atoms with Crippen molar-refractivity contribution in [2.75, 3.05) is 57.9 Å². The number of hydrogen-bond acceptors (Lipinski definition) is 4. The molecule has 0 unspecified atom stereocenters. The molecule has 1 aromatic carbocycles. The fourth-order valence-corrected chi connectivity index (χ4v) is 3.32. The van der Waals surface area contributed by atoms with Crippen LogP contribution in [0.4, 0.5) is 10.5 Å². The Morgan fingerprint density at radius 1 is 1.31 bits per heavy atom. The molecule has 142 valence electrons. The van der Waals surface area contributed by atoms with E-state index in [1.165, 1.54) is 4.90 Å². The number of amides is 3. The molecule has 8 nitrogen and oxygen atoms in total. The Hall–Kier alpha value is -2.32. The predicted molar refractivity (Wildman–Crippen MR) is 96.7 cm³/mol. The summed E-state index contributed by atoms with van der Waals surface area (Å²) in [6.07, 6.45) is 0.314. The molecule has 0 aromatic heterocycles. The Kier molecular flexibility index (Phi) is 6.30. The Balaban J connectivity index is 1.42. The lowest BCUT2D eigenvalue weighted by Gasteiger charge is -2.23. The molecule has 0 bridgehead atoms. The van der Waals surface area contributed by atoms with Crippen LogP contribution >= 0.6 is 0 Å². The summed E-state index contributed by atoms with van der Waals surface area (Å²) in [5, 5.41) is 5.78. The molecule has 8 heteroatoms. The Bertz CT molecular complexity index is 616. The average Bonchev–Trinajstić information content (AvgIpc) is 3.02. The number of nitrogens with one attached hydrogen (secondary N) is 3. The smallest absolute Gasteiger partial charge is 0.315 e. The molecule has 1 aromatic rings. The molecule has 0 radical (unpaired) electrons. The number of nitrogens with zero attached hydrogens (tertiary/aromatic N) is 1. The van der Waals surface area contributed by atoms with Gasteiger partial charge in [-0.1, -0.05) is 0 Å². The van der Waals surface area contributed by atoms with E-state index in [1.807, 2.05) is 24.3 Å². The summed E-state index contributed by atoms with van der Waals surface area (Å²) in [7, 11) is 1.61. The van der Waals surface area contributed by atoms with E-state index >= 15 is 0 Å². The van der Waals surface area contributed by atoms with Crippen molar-refractivity contribution in [1.82, 2.24) is 10.6 Å². The molecule has 2 aliphatic heterocycles. The highest BCUT2D eigenvalue weighted by atomic mass is 16.5. The van der Waals surface area contributed by atoms with Gasteiger partial charge in [-0.25, -0.2) is 4.79 Å². The summed E-state index contributed by atoms with van der Waals surface area (Å²) < 4.78 is 10.5. The summed E-state index contributed by atoms with van der Waals surface area (Å²) in [6, 6.07) is 6.95. The predicted octanol–water partition coefficient (Wildman–Crippen LogP) is -0.985. The zero-order chi connectivity index (χ0) is 18.4. The number of hydrogen-bond donors (Lipinski definition) is 3. The third kappa shape index (κ3) is 4.86. The molecule has 3 rings (SSSR count). The summed E-state index contributed by atoms with van der Waals surface area (Å²) in [5.74, 6) is 0.759. The minimum absolute atomic E-state index is 0.0122. The maximum Gasteiger partial charge on any atom is 0.315 e. The van der Waals surface area contributed by atoms with Gasteiger partial charge in [-0.05, 0) is 24.3 Å². The molecule has 3 amide bonds. The summed E-state index contributed by atoms with van der Waals surface area (Å²) in [4.78, 5) is 27.5. The van der Waals surface area contributed by atoms with E-state index in [-0.39, 0.29) is 18.0 Å². The van der Waals surface area contributed by atoms with E-state index < -0.39 is 0 Å². The van der Waals surface area contributed by atoms with Gasteiger partial charge < -0.3 is 29.9 Å². The van der Waals surface area contributed by atoms with Crippen LogP contribution < -0.4 is 25.2 Å². The Morgan fingerprint density at radius 2 is 2.04 bits per heavy atom. The van der Waals surface area contributed by atoms with Crippen molar-refractivity contribution < 1.29 is 24.0 Å².